The second kappa shape index (κ2) is 9.73. The van der Waals surface area contributed by atoms with Crippen molar-refractivity contribution >= 4 is 24.0 Å². The molecule has 0 aliphatic heterocycles. The third-order valence-corrected chi connectivity index (χ3v) is 4.88. The summed E-state index contributed by atoms with van der Waals surface area (Å²) in [5, 5.41) is 0. The van der Waals surface area contributed by atoms with Gasteiger partial charge in [0.2, 0.25) is 0 Å². The van der Waals surface area contributed by atoms with Crippen LogP contribution in [-0.2, 0) is 12.4 Å². The molecule has 1 amide bonds. The molecule has 14 heteroatoms. The maximum Gasteiger partial charge on any atom is 0.433 e. The number of aromatic nitrogens is 3. The van der Waals surface area contributed by atoms with Gasteiger partial charge in [0, 0.05) is 24.5 Å². The van der Waals surface area contributed by atoms with E-state index in [0.717, 1.165) is 24.1 Å². The average Bonchev–Trinajstić information content (AvgIpc) is 3.60. The number of hydrogen-bond acceptors (Lipinski definition) is 5. The van der Waals surface area contributed by atoms with Crippen LogP contribution in [0.1, 0.15) is 41.5 Å². The van der Waals surface area contributed by atoms with E-state index in [1.54, 1.807) is 0 Å². The molecule has 1 unspecified atom stereocenters. The number of pyridine rings is 1. The van der Waals surface area contributed by atoms with Crippen molar-refractivity contribution in [1.29, 1.82) is 0 Å². The Morgan fingerprint density at radius 2 is 1.71 bits per heavy atom. The Labute approximate surface area is 189 Å². The Bertz CT molecular complexity index is 1050. The summed E-state index contributed by atoms with van der Waals surface area (Å²) in [6.07, 6.45) is -5.17. The highest BCUT2D eigenvalue weighted by Gasteiger charge is 2.40. The number of amides is 1. The van der Waals surface area contributed by atoms with Crippen LogP contribution < -0.4 is 5.73 Å². The van der Waals surface area contributed by atoms with Crippen molar-refractivity contribution in [2.75, 3.05) is 6.54 Å². The Balaban J connectivity index is 2.05. The minimum Gasteiger partial charge on any atom is -0.390 e. The Morgan fingerprint density at radius 1 is 1.15 bits per heavy atom. The van der Waals surface area contributed by atoms with E-state index in [4.69, 9.17) is 5.73 Å². The van der Waals surface area contributed by atoms with Crippen LogP contribution in [0, 0.1) is 5.92 Å². The van der Waals surface area contributed by atoms with Gasteiger partial charge in [-0.05, 0) is 43.9 Å². The van der Waals surface area contributed by atoms with Crippen molar-refractivity contribution in [3.63, 3.8) is 0 Å². The standard InChI is InChI=1S/C20H19F6N7O/c1-11(16(30-10-27)32-18-28-5-2-6-29-18)33(9-12-3-4-12)17(34)13-7-14(19(21,22)23)31-15(8-13)20(24,25)26/h2,5-8,10-12H,3-4,9H2,1H3,(H2,27,28,29,30,32). The molecule has 34 heavy (non-hydrogen) atoms. The number of nitrogens with two attached hydrogens (primary N) is 1. The summed E-state index contributed by atoms with van der Waals surface area (Å²) in [7, 11) is 0. The largest absolute Gasteiger partial charge is 0.433 e. The molecular weight excluding hydrogens is 468 g/mol. The number of carbonyl (C=O) groups excluding carboxylic acids is 1. The van der Waals surface area contributed by atoms with Crippen molar-refractivity contribution in [2.24, 2.45) is 21.6 Å². The predicted molar refractivity (Wildman–Crippen MR) is 109 cm³/mol. The molecule has 1 aliphatic carbocycles. The highest BCUT2D eigenvalue weighted by atomic mass is 19.4. The van der Waals surface area contributed by atoms with Gasteiger partial charge >= 0.3 is 12.4 Å². The first-order valence-corrected chi connectivity index (χ1v) is 9.97. The van der Waals surface area contributed by atoms with Crippen molar-refractivity contribution in [3.8, 4) is 0 Å². The van der Waals surface area contributed by atoms with Gasteiger partial charge in [0.05, 0.1) is 12.4 Å². The number of nitrogens with zero attached hydrogens (tertiary/aromatic N) is 6. The molecule has 0 aromatic carbocycles. The monoisotopic (exact) mass is 487 g/mol. The van der Waals surface area contributed by atoms with E-state index in [1.807, 2.05) is 0 Å². The zero-order valence-corrected chi connectivity index (χ0v) is 17.7. The first kappa shape index (κ1) is 25.1. The minimum atomic E-state index is -5.19. The lowest BCUT2D eigenvalue weighted by atomic mass is 10.1. The van der Waals surface area contributed by atoms with Crippen LogP contribution in [0.2, 0.25) is 0 Å². The number of aliphatic imine (C=N–C) groups is 2. The normalized spacial score (nSPS) is 16.0. The number of hydrogen-bond donors (Lipinski definition) is 1. The molecule has 0 saturated heterocycles. The molecule has 0 spiro atoms. The summed E-state index contributed by atoms with van der Waals surface area (Å²) in [4.78, 5) is 32.9. The summed E-state index contributed by atoms with van der Waals surface area (Å²) >= 11 is 0. The van der Waals surface area contributed by atoms with Gasteiger partial charge in [-0.3, -0.25) is 4.79 Å². The lowest BCUT2D eigenvalue weighted by Crippen LogP contribution is -2.44. The second-order valence-corrected chi connectivity index (χ2v) is 7.50. The van der Waals surface area contributed by atoms with E-state index in [2.05, 4.69) is 24.9 Å². The van der Waals surface area contributed by atoms with Crippen LogP contribution in [0.3, 0.4) is 0 Å². The molecule has 2 N–H and O–H groups in total. The third-order valence-electron chi connectivity index (χ3n) is 4.88. The number of amidine groups is 1. The van der Waals surface area contributed by atoms with Gasteiger partial charge in [0.25, 0.3) is 11.9 Å². The van der Waals surface area contributed by atoms with Crippen LogP contribution >= 0.6 is 0 Å². The fraction of sp³-hybridized carbons (Fsp3) is 0.400. The number of halogens is 6. The molecule has 2 aromatic heterocycles. The fourth-order valence-corrected chi connectivity index (χ4v) is 3.00. The smallest absolute Gasteiger partial charge is 0.390 e. The van der Waals surface area contributed by atoms with Crippen LogP contribution in [0.15, 0.2) is 40.6 Å². The molecule has 1 saturated carbocycles. The van der Waals surface area contributed by atoms with Gasteiger partial charge in [0.15, 0.2) is 5.84 Å². The first-order valence-electron chi connectivity index (χ1n) is 9.97. The predicted octanol–water partition coefficient (Wildman–Crippen LogP) is 3.87. The molecule has 3 rings (SSSR count). The van der Waals surface area contributed by atoms with Gasteiger partial charge in [-0.1, -0.05) is 0 Å². The first-order chi connectivity index (χ1) is 15.9. The zero-order valence-electron chi connectivity index (χ0n) is 17.7. The Morgan fingerprint density at radius 3 is 2.18 bits per heavy atom. The molecule has 1 aliphatic rings. The molecule has 2 heterocycles. The van der Waals surface area contributed by atoms with Crippen molar-refractivity contribution in [3.05, 3.63) is 47.5 Å². The molecule has 0 radical (unpaired) electrons. The van der Waals surface area contributed by atoms with Gasteiger partial charge in [-0.25, -0.2) is 19.9 Å². The van der Waals surface area contributed by atoms with E-state index in [9.17, 15) is 31.1 Å². The maximum atomic E-state index is 13.3. The highest BCUT2D eigenvalue weighted by molar-refractivity contribution is 6.01. The summed E-state index contributed by atoms with van der Waals surface area (Å²) < 4.78 is 79.4. The third kappa shape index (κ3) is 6.26. The van der Waals surface area contributed by atoms with E-state index in [0.29, 0.717) is 12.1 Å². The molecule has 1 fully saturated rings. The fourth-order valence-electron chi connectivity index (χ4n) is 3.00. The molecule has 0 bridgehead atoms. The van der Waals surface area contributed by atoms with E-state index >= 15 is 0 Å². The molecular formula is C20H19F6N7O. The van der Waals surface area contributed by atoms with Gasteiger partial charge < -0.3 is 10.6 Å². The summed E-state index contributed by atoms with van der Waals surface area (Å²) in [6, 6.07) is 1.16. The van der Waals surface area contributed by atoms with Crippen molar-refractivity contribution in [1.82, 2.24) is 19.9 Å². The van der Waals surface area contributed by atoms with Crippen molar-refractivity contribution in [2.45, 2.75) is 38.2 Å². The summed E-state index contributed by atoms with van der Waals surface area (Å²) in [5.41, 5.74) is 0.926. The van der Waals surface area contributed by atoms with Crippen LogP contribution in [0.5, 0.6) is 0 Å². The second-order valence-electron chi connectivity index (χ2n) is 7.50. The molecule has 182 valence electrons. The molecule has 8 nitrogen and oxygen atoms in total. The quantitative estimate of drug-likeness (QED) is 0.378. The lowest BCUT2D eigenvalue weighted by molar-refractivity contribution is -0.150. The minimum absolute atomic E-state index is 0.0172. The van der Waals surface area contributed by atoms with Crippen LogP contribution in [-0.4, -0.2) is 50.5 Å². The number of alkyl halides is 6. The van der Waals surface area contributed by atoms with E-state index in [-0.39, 0.29) is 24.2 Å². The Kier molecular flexibility index (Phi) is 7.17. The van der Waals surface area contributed by atoms with E-state index < -0.39 is 41.3 Å². The maximum absolute atomic E-state index is 13.3. The van der Waals surface area contributed by atoms with Gasteiger partial charge in [-0.2, -0.15) is 31.3 Å². The lowest BCUT2D eigenvalue weighted by Gasteiger charge is -2.29. The SMILES string of the molecule is CC(C(N=CN)=Nc1ncccn1)N(CC1CC1)C(=O)c1cc(C(F)(F)F)nc(C(F)(F)F)c1. The summed E-state index contributed by atoms with van der Waals surface area (Å²) in [6.45, 7) is 1.55. The van der Waals surface area contributed by atoms with E-state index in [1.165, 1.54) is 25.4 Å². The number of rotatable bonds is 6. The zero-order chi connectivity index (χ0) is 25.1. The Hall–Kier alpha value is -3.58. The molecule has 2 aromatic rings. The van der Waals surface area contributed by atoms with Gasteiger partial charge in [0.1, 0.15) is 11.4 Å². The topological polar surface area (TPSA) is 110 Å². The van der Waals surface area contributed by atoms with Crippen LogP contribution in [0.4, 0.5) is 32.3 Å². The highest BCUT2D eigenvalue weighted by Crippen LogP contribution is 2.35. The van der Waals surface area contributed by atoms with Crippen molar-refractivity contribution < 1.29 is 31.1 Å². The molecule has 1 atom stereocenters. The van der Waals surface area contributed by atoms with Crippen LogP contribution in [0.25, 0.3) is 0 Å². The summed E-state index contributed by atoms with van der Waals surface area (Å²) in [5.74, 6) is -1.10. The van der Waals surface area contributed by atoms with Gasteiger partial charge in [-0.15, -0.1) is 0 Å². The number of carbonyl (C=O) groups is 1. The average molecular weight is 487 g/mol.